The molecule has 2 aliphatic rings. The van der Waals surface area contributed by atoms with Crippen molar-refractivity contribution in [2.24, 2.45) is 5.92 Å². The monoisotopic (exact) mass is 356 g/mol. The Balaban J connectivity index is 1.47. The summed E-state index contributed by atoms with van der Waals surface area (Å²) in [6, 6.07) is 12.8. The molecule has 1 atom stereocenters. The Hall–Kier alpha value is -2.53. The van der Waals surface area contributed by atoms with E-state index in [0.29, 0.717) is 23.9 Å². The smallest absolute Gasteiger partial charge is 0.229 e. The Kier molecular flexibility index (Phi) is 4.09. The van der Waals surface area contributed by atoms with Crippen LogP contribution in [0, 0.1) is 5.92 Å². The molecule has 0 radical (unpaired) electrons. The molecule has 1 saturated heterocycles. The molecule has 1 N–H and O–H groups in total. The number of fused-ring (bicyclic) bond motifs is 1. The van der Waals surface area contributed by atoms with Crippen molar-refractivity contribution < 1.29 is 14.3 Å². The fourth-order valence-corrected chi connectivity index (χ4v) is 3.53. The standard InChI is InChI=1S/C19H17ClN2O3/c20-15-3-1-2-4-16(15)22-11-13(10-18(22)23)19(24)21-14-5-6-17-12(9-14)7-8-25-17/h1-6,9,13H,7-8,10-11H2,(H,21,24). The van der Waals surface area contributed by atoms with Gasteiger partial charge in [-0.25, -0.2) is 0 Å². The van der Waals surface area contributed by atoms with Crippen LogP contribution in [0.5, 0.6) is 5.75 Å². The molecule has 1 fully saturated rings. The molecule has 25 heavy (non-hydrogen) atoms. The summed E-state index contributed by atoms with van der Waals surface area (Å²) in [5.74, 6) is 0.240. The highest BCUT2D eigenvalue weighted by Crippen LogP contribution is 2.32. The van der Waals surface area contributed by atoms with Crippen molar-refractivity contribution in [3.8, 4) is 5.75 Å². The van der Waals surface area contributed by atoms with Gasteiger partial charge in [0, 0.05) is 25.1 Å². The highest BCUT2D eigenvalue weighted by Gasteiger charge is 2.36. The van der Waals surface area contributed by atoms with Gasteiger partial charge in [-0.15, -0.1) is 0 Å². The second kappa shape index (κ2) is 6.41. The molecule has 0 aliphatic carbocycles. The molecule has 2 aromatic carbocycles. The minimum absolute atomic E-state index is 0.0874. The molecule has 0 saturated carbocycles. The molecular weight excluding hydrogens is 340 g/mol. The lowest BCUT2D eigenvalue weighted by atomic mass is 10.1. The van der Waals surface area contributed by atoms with Crippen molar-refractivity contribution in [2.45, 2.75) is 12.8 Å². The molecule has 0 spiro atoms. The van der Waals surface area contributed by atoms with Crippen LogP contribution in [0.1, 0.15) is 12.0 Å². The van der Waals surface area contributed by atoms with E-state index in [-0.39, 0.29) is 18.2 Å². The number of halogens is 1. The van der Waals surface area contributed by atoms with E-state index in [1.807, 2.05) is 30.3 Å². The predicted molar refractivity (Wildman–Crippen MR) is 96.2 cm³/mol. The van der Waals surface area contributed by atoms with Crippen LogP contribution < -0.4 is 15.0 Å². The average molecular weight is 357 g/mol. The summed E-state index contributed by atoms with van der Waals surface area (Å²) in [5, 5.41) is 3.42. The maximum absolute atomic E-state index is 12.6. The van der Waals surface area contributed by atoms with Gasteiger partial charge in [-0.1, -0.05) is 23.7 Å². The number of para-hydroxylation sites is 1. The second-order valence-electron chi connectivity index (χ2n) is 6.27. The molecule has 2 amide bonds. The number of hydrogen-bond acceptors (Lipinski definition) is 3. The molecule has 2 heterocycles. The van der Waals surface area contributed by atoms with Crippen LogP contribution in [0.15, 0.2) is 42.5 Å². The van der Waals surface area contributed by atoms with Gasteiger partial charge in [-0.05, 0) is 35.9 Å². The van der Waals surface area contributed by atoms with Crippen LogP contribution in [-0.4, -0.2) is 25.0 Å². The van der Waals surface area contributed by atoms with E-state index in [1.165, 1.54) is 0 Å². The zero-order valence-corrected chi connectivity index (χ0v) is 14.3. The SMILES string of the molecule is O=C(Nc1ccc2c(c1)CCO2)C1CC(=O)N(c2ccccc2Cl)C1. The van der Waals surface area contributed by atoms with Crippen LogP contribution in [0.2, 0.25) is 5.02 Å². The van der Waals surface area contributed by atoms with E-state index >= 15 is 0 Å². The molecular formula is C19H17ClN2O3. The number of amides is 2. The maximum Gasteiger partial charge on any atom is 0.229 e. The summed E-state index contributed by atoms with van der Waals surface area (Å²) >= 11 is 6.17. The van der Waals surface area contributed by atoms with Crippen LogP contribution in [0.4, 0.5) is 11.4 Å². The third kappa shape index (κ3) is 3.07. The maximum atomic E-state index is 12.6. The Morgan fingerprint density at radius 2 is 2.08 bits per heavy atom. The normalized spacial score (nSPS) is 18.8. The van der Waals surface area contributed by atoms with Crippen molar-refractivity contribution in [2.75, 3.05) is 23.4 Å². The van der Waals surface area contributed by atoms with E-state index in [4.69, 9.17) is 16.3 Å². The summed E-state index contributed by atoms with van der Waals surface area (Å²) in [4.78, 5) is 26.5. The number of rotatable bonds is 3. The molecule has 4 rings (SSSR count). The Bertz CT molecular complexity index is 852. The number of benzene rings is 2. The highest BCUT2D eigenvalue weighted by molar-refractivity contribution is 6.33. The number of carbonyl (C=O) groups is 2. The van der Waals surface area contributed by atoms with Gasteiger partial charge in [0.05, 0.1) is 23.2 Å². The number of carbonyl (C=O) groups excluding carboxylic acids is 2. The predicted octanol–water partition coefficient (Wildman–Crippen LogP) is 3.27. The Labute approximate surface area is 150 Å². The molecule has 6 heteroatoms. The van der Waals surface area contributed by atoms with E-state index in [9.17, 15) is 9.59 Å². The number of hydrogen-bond donors (Lipinski definition) is 1. The van der Waals surface area contributed by atoms with Gasteiger partial charge in [0.25, 0.3) is 0 Å². The lowest BCUT2D eigenvalue weighted by Gasteiger charge is -2.18. The lowest BCUT2D eigenvalue weighted by molar-refractivity contribution is -0.122. The Morgan fingerprint density at radius 3 is 2.92 bits per heavy atom. The topological polar surface area (TPSA) is 58.6 Å². The van der Waals surface area contributed by atoms with Gasteiger partial charge in [0.15, 0.2) is 0 Å². The Morgan fingerprint density at radius 1 is 1.24 bits per heavy atom. The first-order chi connectivity index (χ1) is 12.1. The van der Waals surface area contributed by atoms with Crippen molar-refractivity contribution in [1.29, 1.82) is 0 Å². The van der Waals surface area contributed by atoms with Gasteiger partial charge in [0.1, 0.15) is 5.75 Å². The fourth-order valence-electron chi connectivity index (χ4n) is 3.30. The van der Waals surface area contributed by atoms with Crippen molar-refractivity contribution >= 4 is 34.8 Å². The first kappa shape index (κ1) is 16.0. The number of ether oxygens (including phenoxy) is 1. The van der Waals surface area contributed by atoms with Crippen LogP contribution >= 0.6 is 11.6 Å². The first-order valence-electron chi connectivity index (χ1n) is 8.23. The van der Waals surface area contributed by atoms with Gasteiger partial charge < -0.3 is 15.0 Å². The number of nitrogens with zero attached hydrogens (tertiary/aromatic N) is 1. The number of anilines is 2. The minimum Gasteiger partial charge on any atom is -0.493 e. The van der Waals surface area contributed by atoms with Gasteiger partial charge in [0.2, 0.25) is 11.8 Å². The largest absolute Gasteiger partial charge is 0.493 e. The highest BCUT2D eigenvalue weighted by atomic mass is 35.5. The van der Waals surface area contributed by atoms with Crippen molar-refractivity contribution in [3.05, 3.63) is 53.1 Å². The summed E-state index contributed by atoms with van der Waals surface area (Å²) in [6.07, 6.45) is 1.03. The van der Waals surface area contributed by atoms with Gasteiger partial charge >= 0.3 is 0 Å². The first-order valence-corrected chi connectivity index (χ1v) is 8.61. The van der Waals surface area contributed by atoms with Crippen LogP contribution in [0.3, 0.4) is 0 Å². The van der Waals surface area contributed by atoms with Crippen molar-refractivity contribution in [3.63, 3.8) is 0 Å². The summed E-state index contributed by atoms with van der Waals surface area (Å²) in [5.41, 5.74) is 2.48. The van der Waals surface area contributed by atoms with E-state index in [1.54, 1.807) is 17.0 Å². The minimum atomic E-state index is -0.395. The molecule has 1 unspecified atom stereocenters. The molecule has 2 aromatic rings. The third-order valence-corrected chi connectivity index (χ3v) is 4.92. The lowest BCUT2D eigenvalue weighted by Crippen LogP contribution is -2.28. The molecule has 5 nitrogen and oxygen atoms in total. The molecule has 0 bridgehead atoms. The van der Waals surface area contributed by atoms with Gasteiger partial charge in [-0.3, -0.25) is 9.59 Å². The van der Waals surface area contributed by atoms with E-state index in [0.717, 1.165) is 23.4 Å². The molecule has 0 aromatic heterocycles. The molecule has 128 valence electrons. The van der Waals surface area contributed by atoms with E-state index < -0.39 is 5.92 Å². The zero-order valence-electron chi connectivity index (χ0n) is 13.5. The van der Waals surface area contributed by atoms with Crippen LogP contribution in [-0.2, 0) is 16.0 Å². The molecule has 2 aliphatic heterocycles. The third-order valence-electron chi connectivity index (χ3n) is 4.60. The zero-order chi connectivity index (χ0) is 17.4. The number of nitrogens with one attached hydrogen (secondary N) is 1. The van der Waals surface area contributed by atoms with Crippen LogP contribution in [0.25, 0.3) is 0 Å². The quantitative estimate of drug-likeness (QED) is 0.918. The van der Waals surface area contributed by atoms with Gasteiger partial charge in [-0.2, -0.15) is 0 Å². The second-order valence-corrected chi connectivity index (χ2v) is 6.67. The average Bonchev–Trinajstić information content (AvgIpc) is 3.21. The fraction of sp³-hybridized carbons (Fsp3) is 0.263. The summed E-state index contributed by atoms with van der Waals surface area (Å²) in [6.45, 7) is 1.01. The summed E-state index contributed by atoms with van der Waals surface area (Å²) < 4.78 is 5.47. The van der Waals surface area contributed by atoms with Crippen molar-refractivity contribution in [1.82, 2.24) is 0 Å². The summed E-state index contributed by atoms with van der Waals surface area (Å²) in [7, 11) is 0. The van der Waals surface area contributed by atoms with E-state index in [2.05, 4.69) is 5.32 Å².